The summed E-state index contributed by atoms with van der Waals surface area (Å²) in [7, 11) is 0. The van der Waals surface area contributed by atoms with Crippen molar-refractivity contribution in [3.63, 3.8) is 0 Å². The number of benzene rings is 2. The maximum Gasteiger partial charge on any atom is 0.302 e. The van der Waals surface area contributed by atoms with Crippen LogP contribution in [-0.2, 0) is 10.5 Å². The molecule has 0 aromatic heterocycles. The zero-order chi connectivity index (χ0) is 19.7. The van der Waals surface area contributed by atoms with E-state index >= 15 is 0 Å². The molecule has 4 rings (SSSR count). The molecule has 1 unspecified atom stereocenters. The van der Waals surface area contributed by atoms with E-state index in [9.17, 15) is 9.18 Å². The van der Waals surface area contributed by atoms with Gasteiger partial charge < -0.3 is 19.1 Å². The number of nitrogens with zero attached hydrogens (tertiary/aromatic N) is 1. The number of alkyl halides is 1. The second kappa shape index (κ2) is 7.45. The SMILES string of the molecule is C=C(CCl)C1(c2ccc(F)cc2)Oc2ccc(C(=O)N3CCOCC3)cc2O1. The molecule has 2 aliphatic rings. The van der Waals surface area contributed by atoms with Crippen LogP contribution in [0.15, 0.2) is 54.6 Å². The zero-order valence-electron chi connectivity index (χ0n) is 15.1. The summed E-state index contributed by atoms with van der Waals surface area (Å²) < 4.78 is 30.9. The van der Waals surface area contributed by atoms with Gasteiger partial charge in [-0.1, -0.05) is 6.58 Å². The van der Waals surface area contributed by atoms with Crippen LogP contribution in [0.4, 0.5) is 4.39 Å². The lowest BCUT2D eigenvalue weighted by Gasteiger charge is -2.29. The highest BCUT2D eigenvalue weighted by molar-refractivity contribution is 6.19. The number of fused-ring (bicyclic) bond motifs is 1. The zero-order valence-corrected chi connectivity index (χ0v) is 15.9. The van der Waals surface area contributed by atoms with Crippen LogP contribution in [0.25, 0.3) is 0 Å². The second-order valence-corrected chi connectivity index (χ2v) is 6.90. The Kier molecular flexibility index (Phi) is 5.00. The predicted octanol–water partition coefficient (Wildman–Crippen LogP) is 3.72. The number of rotatable bonds is 4. The Labute approximate surface area is 167 Å². The first kappa shape index (κ1) is 18.8. The van der Waals surface area contributed by atoms with E-state index in [-0.39, 0.29) is 17.6 Å². The standard InChI is InChI=1S/C21H19ClFNO4/c1-14(13-22)21(16-3-5-17(23)6-4-16)27-18-7-2-15(12-19(18)28-21)20(25)24-8-10-26-11-9-24/h2-7,12H,1,8-11,13H2. The van der Waals surface area contributed by atoms with E-state index in [1.165, 1.54) is 12.1 Å². The Bertz CT molecular complexity index is 911. The molecule has 1 fully saturated rings. The lowest BCUT2D eigenvalue weighted by atomic mass is 9.99. The molecule has 0 spiro atoms. The van der Waals surface area contributed by atoms with Gasteiger partial charge in [0.1, 0.15) is 5.82 Å². The van der Waals surface area contributed by atoms with E-state index in [0.717, 1.165) is 0 Å². The van der Waals surface area contributed by atoms with Crippen LogP contribution in [0.3, 0.4) is 0 Å². The normalized spacial score (nSPS) is 20.9. The number of carbonyl (C=O) groups is 1. The molecule has 2 aliphatic heterocycles. The molecule has 2 aromatic rings. The number of hydrogen-bond acceptors (Lipinski definition) is 4. The first-order valence-electron chi connectivity index (χ1n) is 8.93. The van der Waals surface area contributed by atoms with Gasteiger partial charge in [0, 0.05) is 29.8 Å². The Hall–Kier alpha value is -2.57. The van der Waals surface area contributed by atoms with Gasteiger partial charge in [0.15, 0.2) is 11.5 Å². The summed E-state index contributed by atoms with van der Waals surface area (Å²) in [4.78, 5) is 14.5. The maximum absolute atomic E-state index is 13.4. The van der Waals surface area contributed by atoms with Gasteiger partial charge in [-0.2, -0.15) is 0 Å². The van der Waals surface area contributed by atoms with Crippen molar-refractivity contribution in [2.24, 2.45) is 0 Å². The van der Waals surface area contributed by atoms with Crippen molar-refractivity contribution in [3.8, 4) is 11.5 Å². The van der Waals surface area contributed by atoms with Crippen LogP contribution < -0.4 is 9.47 Å². The van der Waals surface area contributed by atoms with Crippen molar-refractivity contribution >= 4 is 17.5 Å². The molecule has 2 aromatic carbocycles. The van der Waals surface area contributed by atoms with E-state index in [1.54, 1.807) is 35.2 Å². The van der Waals surface area contributed by atoms with Crippen molar-refractivity contribution in [1.82, 2.24) is 4.90 Å². The molecular weight excluding hydrogens is 385 g/mol. The molecule has 0 N–H and O–H groups in total. The summed E-state index contributed by atoms with van der Waals surface area (Å²) in [6, 6.07) is 10.8. The Morgan fingerprint density at radius 3 is 2.46 bits per heavy atom. The third-order valence-corrected chi connectivity index (χ3v) is 5.17. The topological polar surface area (TPSA) is 48.0 Å². The van der Waals surface area contributed by atoms with Gasteiger partial charge in [0.25, 0.3) is 5.91 Å². The van der Waals surface area contributed by atoms with E-state index in [2.05, 4.69) is 6.58 Å². The third-order valence-electron chi connectivity index (χ3n) is 4.85. The van der Waals surface area contributed by atoms with Gasteiger partial charge in [-0.3, -0.25) is 4.79 Å². The highest BCUT2D eigenvalue weighted by Crippen LogP contribution is 2.48. The average molecular weight is 404 g/mol. The minimum Gasteiger partial charge on any atom is -0.441 e. The second-order valence-electron chi connectivity index (χ2n) is 6.63. The number of morpholine rings is 1. The molecule has 5 nitrogen and oxygen atoms in total. The van der Waals surface area contributed by atoms with Gasteiger partial charge in [0.2, 0.25) is 0 Å². The summed E-state index contributed by atoms with van der Waals surface area (Å²) in [6.07, 6.45) is 0. The quantitative estimate of drug-likeness (QED) is 0.576. The van der Waals surface area contributed by atoms with Crippen molar-refractivity contribution in [2.75, 3.05) is 32.2 Å². The summed E-state index contributed by atoms with van der Waals surface area (Å²) in [5.41, 5.74) is 1.53. The minimum atomic E-state index is -1.36. The van der Waals surface area contributed by atoms with Gasteiger partial charge in [-0.05, 0) is 42.5 Å². The van der Waals surface area contributed by atoms with Crippen molar-refractivity contribution < 1.29 is 23.4 Å². The van der Waals surface area contributed by atoms with Crippen LogP contribution in [-0.4, -0.2) is 43.0 Å². The summed E-state index contributed by atoms with van der Waals surface area (Å²) in [6.45, 7) is 6.13. The predicted molar refractivity (Wildman–Crippen MR) is 102 cm³/mol. The van der Waals surface area contributed by atoms with E-state index in [1.807, 2.05) is 0 Å². The Morgan fingerprint density at radius 2 is 1.79 bits per heavy atom. The number of hydrogen-bond donors (Lipinski definition) is 0. The highest BCUT2D eigenvalue weighted by Gasteiger charge is 2.46. The molecule has 0 saturated carbocycles. The van der Waals surface area contributed by atoms with Crippen LogP contribution in [0.5, 0.6) is 11.5 Å². The summed E-state index contributed by atoms with van der Waals surface area (Å²) in [5, 5.41) is 0. The average Bonchev–Trinajstić information content (AvgIpc) is 3.13. The molecule has 2 heterocycles. The van der Waals surface area contributed by atoms with E-state index < -0.39 is 5.79 Å². The molecule has 1 amide bonds. The maximum atomic E-state index is 13.4. The lowest BCUT2D eigenvalue weighted by molar-refractivity contribution is -0.0490. The molecule has 0 radical (unpaired) electrons. The minimum absolute atomic E-state index is 0.0882. The summed E-state index contributed by atoms with van der Waals surface area (Å²) in [5.74, 6) is -0.859. The molecular formula is C21H19ClFNO4. The monoisotopic (exact) mass is 403 g/mol. The molecule has 28 heavy (non-hydrogen) atoms. The first-order valence-corrected chi connectivity index (χ1v) is 9.46. The fourth-order valence-electron chi connectivity index (χ4n) is 3.31. The van der Waals surface area contributed by atoms with Gasteiger partial charge in [-0.25, -0.2) is 4.39 Å². The van der Waals surface area contributed by atoms with Crippen LogP contribution in [0.2, 0.25) is 0 Å². The molecule has 146 valence electrons. The smallest absolute Gasteiger partial charge is 0.302 e. The van der Waals surface area contributed by atoms with Gasteiger partial charge >= 0.3 is 5.79 Å². The van der Waals surface area contributed by atoms with Crippen LogP contribution in [0, 0.1) is 5.82 Å². The molecule has 0 bridgehead atoms. The van der Waals surface area contributed by atoms with Gasteiger partial charge in [-0.15, -0.1) is 11.6 Å². The molecule has 0 aliphatic carbocycles. The van der Waals surface area contributed by atoms with Crippen molar-refractivity contribution in [2.45, 2.75) is 5.79 Å². The first-order chi connectivity index (χ1) is 13.5. The van der Waals surface area contributed by atoms with Crippen molar-refractivity contribution in [1.29, 1.82) is 0 Å². The molecule has 7 heteroatoms. The lowest BCUT2D eigenvalue weighted by Crippen LogP contribution is -2.40. The molecule has 1 atom stereocenters. The summed E-state index contributed by atoms with van der Waals surface area (Å²) >= 11 is 6.02. The van der Waals surface area contributed by atoms with Crippen LogP contribution in [0.1, 0.15) is 15.9 Å². The number of ether oxygens (including phenoxy) is 3. The Balaban J connectivity index is 1.66. The van der Waals surface area contributed by atoms with E-state index in [4.69, 9.17) is 25.8 Å². The number of carbonyl (C=O) groups excluding carboxylic acids is 1. The fraction of sp³-hybridized carbons (Fsp3) is 0.286. The van der Waals surface area contributed by atoms with Crippen molar-refractivity contribution in [3.05, 3.63) is 71.6 Å². The highest BCUT2D eigenvalue weighted by atomic mass is 35.5. The Morgan fingerprint density at radius 1 is 1.11 bits per heavy atom. The molecule has 1 saturated heterocycles. The third kappa shape index (κ3) is 3.23. The number of halogens is 2. The van der Waals surface area contributed by atoms with Gasteiger partial charge in [0.05, 0.1) is 19.1 Å². The fourth-order valence-corrected chi connectivity index (χ4v) is 3.48. The number of amides is 1. The largest absolute Gasteiger partial charge is 0.441 e. The van der Waals surface area contributed by atoms with Crippen LogP contribution >= 0.6 is 11.6 Å². The van der Waals surface area contributed by atoms with E-state index in [0.29, 0.717) is 54.5 Å².